The molecule has 1 aliphatic rings. The van der Waals surface area contributed by atoms with Crippen LogP contribution in [0.25, 0.3) is 0 Å². The standard InChI is InChI=1S/C9H13ClN6O/c1-5(17)12-6-2-3-16(4-6)9-14-7(10)13-8(11)15-9/h6H,2-4H2,1H3,(H,12,17)(H2,11,13,14,15). The Bertz CT molecular complexity index is 419. The molecular formula is C9H13ClN6O. The van der Waals surface area contributed by atoms with Crippen LogP contribution in [0.2, 0.25) is 5.28 Å². The van der Waals surface area contributed by atoms with E-state index in [1.165, 1.54) is 6.92 Å². The Kier molecular flexibility index (Phi) is 3.28. The summed E-state index contributed by atoms with van der Waals surface area (Å²) in [6, 6.07) is 0.115. The van der Waals surface area contributed by atoms with Gasteiger partial charge in [-0.15, -0.1) is 0 Å². The number of nitrogens with zero attached hydrogens (tertiary/aromatic N) is 4. The number of nitrogens with two attached hydrogens (primary N) is 1. The number of rotatable bonds is 2. The summed E-state index contributed by atoms with van der Waals surface area (Å²) < 4.78 is 0. The van der Waals surface area contributed by atoms with Gasteiger partial charge < -0.3 is 16.0 Å². The van der Waals surface area contributed by atoms with Crippen molar-refractivity contribution in [3.8, 4) is 0 Å². The summed E-state index contributed by atoms with van der Waals surface area (Å²) in [5.41, 5.74) is 5.50. The molecule has 0 aromatic carbocycles. The van der Waals surface area contributed by atoms with Crippen molar-refractivity contribution < 1.29 is 4.79 Å². The smallest absolute Gasteiger partial charge is 0.231 e. The number of carbonyl (C=O) groups excluding carboxylic acids is 1. The highest BCUT2D eigenvalue weighted by atomic mass is 35.5. The number of aromatic nitrogens is 3. The molecule has 1 aliphatic heterocycles. The summed E-state index contributed by atoms with van der Waals surface area (Å²) in [4.78, 5) is 24.6. The fourth-order valence-electron chi connectivity index (χ4n) is 1.84. The summed E-state index contributed by atoms with van der Waals surface area (Å²) >= 11 is 5.71. The molecule has 1 aromatic rings. The van der Waals surface area contributed by atoms with E-state index in [0.29, 0.717) is 12.5 Å². The molecule has 0 bridgehead atoms. The maximum absolute atomic E-state index is 10.9. The average molecular weight is 257 g/mol. The highest BCUT2D eigenvalue weighted by Crippen LogP contribution is 2.18. The second kappa shape index (κ2) is 4.70. The number of anilines is 2. The molecule has 2 rings (SSSR count). The molecule has 92 valence electrons. The molecule has 0 spiro atoms. The van der Waals surface area contributed by atoms with Crippen molar-refractivity contribution >= 4 is 29.4 Å². The number of hydrogen-bond acceptors (Lipinski definition) is 6. The zero-order valence-corrected chi connectivity index (χ0v) is 10.1. The Balaban J connectivity index is 2.07. The first-order chi connectivity index (χ1) is 8.04. The van der Waals surface area contributed by atoms with Gasteiger partial charge in [-0.1, -0.05) is 0 Å². The molecule has 1 amide bonds. The van der Waals surface area contributed by atoms with Crippen molar-refractivity contribution in [1.82, 2.24) is 20.3 Å². The topological polar surface area (TPSA) is 97.0 Å². The number of carbonyl (C=O) groups is 1. The Morgan fingerprint density at radius 3 is 2.94 bits per heavy atom. The fourth-order valence-corrected chi connectivity index (χ4v) is 2.01. The molecule has 8 heteroatoms. The highest BCUT2D eigenvalue weighted by molar-refractivity contribution is 6.28. The van der Waals surface area contributed by atoms with E-state index < -0.39 is 0 Å². The van der Waals surface area contributed by atoms with Gasteiger partial charge >= 0.3 is 0 Å². The second-order valence-corrected chi connectivity index (χ2v) is 4.23. The van der Waals surface area contributed by atoms with Gasteiger partial charge in [0, 0.05) is 26.1 Å². The quantitative estimate of drug-likeness (QED) is 0.762. The van der Waals surface area contributed by atoms with Crippen molar-refractivity contribution in [3.63, 3.8) is 0 Å². The van der Waals surface area contributed by atoms with Crippen molar-refractivity contribution in [2.75, 3.05) is 23.7 Å². The zero-order valence-electron chi connectivity index (χ0n) is 9.35. The Hall–Kier alpha value is -1.63. The van der Waals surface area contributed by atoms with Crippen LogP contribution in [0, 0.1) is 0 Å². The number of nitrogen functional groups attached to an aromatic ring is 1. The second-order valence-electron chi connectivity index (χ2n) is 3.89. The summed E-state index contributed by atoms with van der Waals surface area (Å²) in [5.74, 6) is 0.517. The molecule has 3 N–H and O–H groups in total. The lowest BCUT2D eigenvalue weighted by atomic mass is 10.3. The molecule has 2 heterocycles. The van der Waals surface area contributed by atoms with Crippen LogP contribution >= 0.6 is 11.6 Å². The molecule has 17 heavy (non-hydrogen) atoms. The lowest BCUT2D eigenvalue weighted by Crippen LogP contribution is -2.36. The van der Waals surface area contributed by atoms with Crippen molar-refractivity contribution in [2.45, 2.75) is 19.4 Å². The van der Waals surface area contributed by atoms with Crippen LogP contribution < -0.4 is 16.0 Å². The molecule has 0 aliphatic carbocycles. The van der Waals surface area contributed by atoms with Crippen LogP contribution in [0.1, 0.15) is 13.3 Å². The minimum atomic E-state index is -0.0370. The van der Waals surface area contributed by atoms with E-state index in [2.05, 4.69) is 20.3 Å². The minimum absolute atomic E-state index is 0.0370. The van der Waals surface area contributed by atoms with Crippen LogP contribution in [0.3, 0.4) is 0 Å². The molecule has 0 radical (unpaired) electrons. The Morgan fingerprint density at radius 2 is 2.29 bits per heavy atom. The molecule has 1 aromatic heterocycles. The molecule has 7 nitrogen and oxygen atoms in total. The van der Waals surface area contributed by atoms with Gasteiger partial charge in [-0.2, -0.15) is 15.0 Å². The highest BCUT2D eigenvalue weighted by Gasteiger charge is 2.25. The monoisotopic (exact) mass is 256 g/mol. The molecule has 0 saturated carbocycles. The first kappa shape index (κ1) is 11.8. The third-order valence-electron chi connectivity index (χ3n) is 2.49. The van der Waals surface area contributed by atoms with Gasteiger partial charge in [-0.25, -0.2) is 0 Å². The van der Waals surface area contributed by atoms with E-state index >= 15 is 0 Å². The largest absolute Gasteiger partial charge is 0.368 e. The van der Waals surface area contributed by atoms with E-state index in [0.717, 1.165) is 13.0 Å². The van der Waals surface area contributed by atoms with Crippen LogP contribution in [0.15, 0.2) is 0 Å². The number of amides is 1. The zero-order chi connectivity index (χ0) is 12.4. The maximum atomic E-state index is 10.9. The SMILES string of the molecule is CC(=O)NC1CCN(c2nc(N)nc(Cl)n2)C1. The predicted molar refractivity (Wildman–Crippen MR) is 63.7 cm³/mol. The van der Waals surface area contributed by atoms with E-state index in [4.69, 9.17) is 17.3 Å². The van der Waals surface area contributed by atoms with Gasteiger partial charge in [0.2, 0.25) is 23.1 Å². The summed E-state index contributed by atoms with van der Waals surface area (Å²) in [7, 11) is 0. The molecular weight excluding hydrogens is 244 g/mol. The van der Waals surface area contributed by atoms with Gasteiger partial charge in [0.05, 0.1) is 0 Å². The summed E-state index contributed by atoms with van der Waals surface area (Å²) in [6.45, 7) is 2.91. The van der Waals surface area contributed by atoms with Crippen molar-refractivity contribution in [3.05, 3.63) is 5.28 Å². The average Bonchev–Trinajstić information content (AvgIpc) is 2.63. The summed E-state index contributed by atoms with van der Waals surface area (Å²) in [6.07, 6.45) is 0.850. The van der Waals surface area contributed by atoms with Crippen LogP contribution in [0.4, 0.5) is 11.9 Å². The van der Waals surface area contributed by atoms with Crippen LogP contribution in [-0.4, -0.2) is 40.0 Å². The van der Waals surface area contributed by atoms with E-state index in [1.54, 1.807) is 0 Å². The van der Waals surface area contributed by atoms with E-state index in [-0.39, 0.29) is 23.2 Å². The summed E-state index contributed by atoms with van der Waals surface area (Å²) in [5, 5.41) is 2.93. The van der Waals surface area contributed by atoms with Crippen LogP contribution in [0.5, 0.6) is 0 Å². The Morgan fingerprint density at radius 1 is 1.53 bits per heavy atom. The predicted octanol–water partition coefficient (Wildman–Crippen LogP) is -0.178. The number of hydrogen-bond donors (Lipinski definition) is 2. The Labute approximate surface area is 103 Å². The van der Waals surface area contributed by atoms with E-state index in [1.807, 2.05) is 4.90 Å². The lowest BCUT2D eigenvalue weighted by Gasteiger charge is -2.16. The minimum Gasteiger partial charge on any atom is -0.368 e. The molecule has 1 fully saturated rings. The van der Waals surface area contributed by atoms with Gasteiger partial charge in [-0.3, -0.25) is 4.79 Å². The number of nitrogens with one attached hydrogen (secondary N) is 1. The van der Waals surface area contributed by atoms with Crippen molar-refractivity contribution in [1.29, 1.82) is 0 Å². The molecule has 1 unspecified atom stereocenters. The maximum Gasteiger partial charge on any atom is 0.231 e. The van der Waals surface area contributed by atoms with Gasteiger partial charge in [0.25, 0.3) is 0 Å². The molecule has 1 atom stereocenters. The van der Waals surface area contributed by atoms with Gasteiger partial charge in [0.1, 0.15) is 0 Å². The molecule has 1 saturated heterocycles. The number of halogens is 1. The van der Waals surface area contributed by atoms with Crippen LogP contribution in [-0.2, 0) is 4.79 Å². The fraction of sp³-hybridized carbons (Fsp3) is 0.556. The normalized spacial score (nSPS) is 19.4. The first-order valence-electron chi connectivity index (χ1n) is 5.23. The third kappa shape index (κ3) is 2.94. The first-order valence-corrected chi connectivity index (χ1v) is 5.61. The van der Waals surface area contributed by atoms with Gasteiger partial charge in [0.15, 0.2) is 0 Å². The lowest BCUT2D eigenvalue weighted by molar-refractivity contribution is -0.119. The van der Waals surface area contributed by atoms with Gasteiger partial charge in [-0.05, 0) is 18.0 Å². The third-order valence-corrected chi connectivity index (χ3v) is 2.66. The van der Waals surface area contributed by atoms with Crippen molar-refractivity contribution in [2.24, 2.45) is 0 Å². The van der Waals surface area contributed by atoms with E-state index in [9.17, 15) is 4.79 Å².